The Bertz CT molecular complexity index is 337. The normalized spacial score (nSPS) is 10.6. The highest BCUT2D eigenvalue weighted by Crippen LogP contribution is 1.98. The number of nitrogens with one attached hydrogen (secondary N) is 1. The SMILES string of the molecule is N#CNC(N)=NCCc1ccccc1. The third-order valence-electron chi connectivity index (χ3n) is 1.71. The molecule has 1 aromatic carbocycles. The van der Waals surface area contributed by atoms with Gasteiger partial charge in [0.25, 0.3) is 0 Å². The van der Waals surface area contributed by atoms with E-state index in [2.05, 4.69) is 10.3 Å². The Labute approximate surface area is 83.1 Å². The van der Waals surface area contributed by atoms with Gasteiger partial charge in [-0.05, 0) is 12.0 Å². The predicted molar refractivity (Wildman–Crippen MR) is 55.4 cm³/mol. The van der Waals surface area contributed by atoms with E-state index in [1.165, 1.54) is 5.56 Å². The van der Waals surface area contributed by atoms with Gasteiger partial charge >= 0.3 is 0 Å². The summed E-state index contributed by atoms with van der Waals surface area (Å²) in [4.78, 5) is 3.97. The molecule has 0 heterocycles. The summed E-state index contributed by atoms with van der Waals surface area (Å²) in [5.41, 5.74) is 6.57. The molecular weight excluding hydrogens is 176 g/mol. The number of aliphatic imine (C=N–C) groups is 1. The molecule has 0 aromatic heterocycles. The van der Waals surface area contributed by atoms with Crippen molar-refractivity contribution in [2.24, 2.45) is 10.7 Å². The molecule has 0 aliphatic rings. The second kappa shape index (κ2) is 5.60. The van der Waals surface area contributed by atoms with Crippen molar-refractivity contribution < 1.29 is 0 Å². The molecule has 14 heavy (non-hydrogen) atoms. The van der Waals surface area contributed by atoms with Gasteiger partial charge in [0, 0.05) is 6.54 Å². The fraction of sp³-hybridized carbons (Fsp3) is 0.200. The Hall–Kier alpha value is -2.02. The molecule has 0 aliphatic heterocycles. The molecule has 0 saturated heterocycles. The molecule has 0 spiro atoms. The molecule has 0 radical (unpaired) electrons. The van der Waals surface area contributed by atoms with E-state index in [4.69, 9.17) is 11.0 Å². The van der Waals surface area contributed by atoms with Crippen molar-refractivity contribution in [2.75, 3.05) is 6.54 Å². The van der Waals surface area contributed by atoms with Gasteiger partial charge in [0.2, 0.25) is 5.96 Å². The Balaban J connectivity index is 2.36. The van der Waals surface area contributed by atoms with Gasteiger partial charge in [0.1, 0.15) is 0 Å². The molecule has 0 atom stereocenters. The Morgan fingerprint density at radius 2 is 2.14 bits per heavy atom. The summed E-state index contributed by atoms with van der Waals surface area (Å²) in [5.74, 6) is 0.170. The van der Waals surface area contributed by atoms with E-state index in [0.29, 0.717) is 6.54 Å². The Morgan fingerprint density at radius 3 is 2.79 bits per heavy atom. The van der Waals surface area contributed by atoms with E-state index in [1.54, 1.807) is 6.19 Å². The summed E-state index contributed by atoms with van der Waals surface area (Å²) >= 11 is 0. The van der Waals surface area contributed by atoms with Crippen LogP contribution < -0.4 is 11.1 Å². The first-order valence-corrected chi connectivity index (χ1v) is 4.32. The minimum absolute atomic E-state index is 0.170. The molecule has 0 bridgehead atoms. The van der Waals surface area contributed by atoms with E-state index >= 15 is 0 Å². The lowest BCUT2D eigenvalue weighted by atomic mass is 10.2. The van der Waals surface area contributed by atoms with Crippen LogP contribution in [-0.4, -0.2) is 12.5 Å². The van der Waals surface area contributed by atoms with E-state index in [9.17, 15) is 0 Å². The van der Waals surface area contributed by atoms with Crippen LogP contribution in [0.1, 0.15) is 5.56 Å². The quantitative estimate of drug-likeness (QED) is 0.316. The molecule has 1 aromatic rings. The molecule has 0 unspecified atom stereocenters. The summed E-state index contributed by atoms with van der Waals surface area (Å²) in [7, 11) is 0. The van der Waals surface area contributed by atoms with Crippen molar-refractivity contribution >= 4 is 5.96 Å². The topological polar surface area (TPSA) is 74.2 Å². The van der Waals surface area contributed by atoms with Gasteiger partial charge in [-0.25, -0.2) is 0 Å². The molecule has 72 valence electrons. The Kier molecular flexibility index (Phi) is 4.02. The first-order chi connectivity index (χ1) is 6.83. The second-order valence-corrected chi connectivity index (χ2v) is 2.74. The maximum absolute atomic E-state index is 8.23. The monoisotopic (exact) mass is 188 g/mol. The van der Waals surface area contributed by atoms with E-state index in [-0.39, 0.29) is 5.96 Å². The van der Waals surface area contributed by atoms with E-state index < -0.39 is 0 Å². The fourth-order valence-corrected chi connectivity index (χ4v) is 1.05. The number of benzene rings is 1. The van der Waals surface area contributed by atoms with Gasteiger partial charge in [0.15, 0.2) is 6.19 Å². The summed E-state index contributed by atoms with van der Waals surface area (Å²) < 4.78 is 0. The van der Waals surface area contributed by atoms with Gasteiger partial charge in [-0.2, -0.15) is 5.26 Å². The smallest absolute Gasteiger partial charge is 0.202 e. The average Bonchev–Trinajstić information content (AvgIpc) is 2.20. The zero-order chi connectivity index (χ0) is 10.2. The molecule has 0 saturated carbocycles. The maximum Gasteiger partial charge on any atom is 0.202 e. The summed E-state index contributed by atoms with van der Waals surface area (Å²) in [6.45, 7) is 0.588. The van der Waals surface area contributed by atoms with Crippen LogP contribution in [0.15, 0.2) is 35.3 Å². The third kappa shape index (κ3) is 3.59. The van der Waals surface area contributed by atoms with Crippen LogP contribution in [0.5, 0.6) is 0 Å². The first kappa shape index (κ1) is 10.1. The molecule has 4 heteroatoms. The van der Waals surface area contributed by atoms with Crippen molar-refractivity contribution in [3.63, 3.8) is 0 Å². The van der Waals surface area contributed by atoms with E-state index in [1.807, 2.05) is 30.3 Å². The number of hydrogen-bond acceptors (Lipinski definition) is 2. The predicted octanol–water partition coefficient (Wildman–Crippen LogP) is 0.614. The minimum Gasteiger partial charge on any atom is -0.369 e. The zero-order valence-electron chi connectivity index (χ0n) is 7.77. The van der Waals surface area contributed by atoms with Crippen LogP contribution >= 0.6 is 0 Å². The number of nitrogens with zero attached hydrogens (tertiary/aromatic N) is 2. The number of rotatable bonds is 3. The molecule has 1 rings (SSSR count). The van der Waals surface area contributed by atoms with Crippen LogP contribution in [0, 0.1) is 11.5 Å². The van der Waals surface area contributed by atoms with Crippen molar-refractivity contribution in [2.45, 2.75) is 6.42 Å². The highest BCUT2D eigenvalue weighted by atomic mass is 15.1. The average molecular weight is 188 g/mol. The molecule has 0 fully saturated rings. The van der Waals surface area contributed by atoms with Crippen molar-refractivity contribution in [1.29, 1.82) is 5.26 Å². The number of nitrogens with two attached hydrogens (primary N) is 1. The van der Waals surface area contributed by atoms with Crippen molar-refractivity contribution in [3.05, 3.63) is 35.9 Å². The van der Waals surface area contributed by atoms with Crippen molar-refractivity contribution in [1.82, 2.24) is 5.32 Å². The van der Waals surface area contributed by atoms with Gasteiger partial charge in [-0.3, -0.25) is 10.3 Å². The van der Waals surface area contributed by atoms with E-state index in [0.717, 1.165) is 6.42 Å². The third-order valence-corrected chi connectivity index (χ3v) is 1.71. The number of guanidine groups is 1. The van der Waals surface area contributed by atoms with Crippen LogP contribution in [0.4, 0.5) is 0 Å². The molecule has 0 amide bonds. The second-order valence-electron chi connectivity index (χ2n) is 2.74. The lowest BCUT2D eigenvalue weighted by molar-refractivity contribution is 0.953. The van der Waals surface area contributed by atoms with Crippen LogP contribution in [0.2, 0.25) is 0 Å². The van der Waals surface area contributed by atoms with Gasteiger partial charge < -0.3 is 5.73 Å². The molecular formula is C10H12N4. The fourth-order valence-electron chi connectivity index (χ4n) is 1.05. The highest BCUT2D eigenvalue weighted by molar-refractivity contribution is 5.79. The summed E-state index contributed by atoms with van der Waals surface area (Å²) in [5, 5.41) is 10.5. The number of hydrogen-bond donors (Lipinski definition) is 2. The zero-order valence-corrected chi connectivity index (χ0v) is 7.77. The van der Waals surface area contributed by atoms with Crippen LogP contribution in [-0.2, 0) is 6.42 Å². The first-order valence-electron chi connectivity index (χ1n) is 4.32. The summed E-state index contributed by atoms with van der Waals surface area (Å²) in [6.07, 6.45) is 2.54. The van der Waals surface area contributed by atoms with Crippen LogP contribution in [0.3, 0.4) is 0 Å². The highest BCUT2D eigenvalue weighted by Gasteiger charge is 1.91. The number of nitriles is 1. The molecule has 3 N–H and O–H groups in total. The van der Waals surface area contributed by atoms with Crippen molar-refractivity contribution in [3.8, 4) is 6.19 Å². The lowest BCUT2D eigenvalue weighted by Gasteiger charge is -1.98. The van der Waals surface area contributed by atoms with Gasteiger partial charge in [-0.15, -0.1) is 0 Å². The standard InChI is InChI=1S/C10H12N4/c11-8-14-10(12)13-7-6-9-4-2-1-3-5-9/h1-5H,6-7H2,(H3,12,13,14). The lowest BCUT2D eigenvalue weighted by Crippen LogP contribution is -2.27. The molecule has 4 nitrogen and oxygen atoms in total. The Morgan fingerprint density at radius 1 is 1.43 bits per heavy atom. The van der Waals surface area contributed by atoms with Gasteiger partial charge in [-0.1, -0.05) is 30.3 Å². The van der Waals surface area contributed by atoms with Gasteiger partial charge in [0.05, 0.1) is 0 Å². The largest absolute Gasteiger partial charge is 0.369 e. The summed E-state index contributed by atoms with van der Waals surface area (Å²) in [6, 6.07) is 10.00. The maximum atomic E-state index is 8.23. The van der Waals surface area contributed by atoms with Crippen LogP contribution in [0.25, 0.3) is 0 Å². The minimum atomic E-state index is 0.170. The molecule has 0 aliphatic carbocycles.